The second-order valence-corrected chi connectivity index (χ2v) is 8.57. The summed E-state index contributed by atoms with van der Waals surface area (Å²) in [5, 5.41) is 10.2. The van der Waals surface area contributed by atoms with Crippen molar-refractivity contribution in [2.24, 2.45) is 4.99 Å². The highest BCUT2D eigenvalue weighted by Gasteiger charge is 2.14. The van der Waals surface area contributed by atoms with Crippen molar-refractivity contribution in [2.45, 2.75) is 59.0 Å². The Morgan fingerprint density at radius 2 is 2.00 bits per heavy atom. The molecule has 0 radical (unpaired) electrons. The Labute approximate surface area is 196 Å². The number of hydrogen-bond donors (Lipinski definition) is 2. The van der Waals surface area contributed by atoms with E-state index in [0.29, 0.717) is 12.5 Å². The van der Waals surface area contributed by atoms with Crippen molar-refractivity contribution in [3.8, 4) is 0 Å². The molecule has 1 aliphatic rings. The molecule has 160 valence electrons. The zero-order chi connectivity index (χ0) is 19.9. The van der Waals surface area contributed by atoms with Crippen LogP contribution in [-0.4, -0.2) is 30.6 Å². The fraction of sp³-hybridized carbons (Fsp3) is 0.545. The van der Waals surface area contributed by atoms with E-state index in [1.807, 2.05) is 0 Å². The highest BCUT2D eigenvalue weighted by atomic mass is 127. The lowest BCUT2D eigenvalue weighted by molar-refractivity contribution is 0.685. The Hall–Kier alpha value is -1.35. The number of thiazole rings is 1. The summed E-state index contributed by atoms with van der Waals surface area (Å²) < 4.78 is 0. The van der Waals surface area contributed by atoms with Crippen LogP contribution in [0.5, 0.6) is 0 Å². The molecule has 2 N–H and O–H groups in total. The maximum atomic E-state index is 4.75. The van der Waals surface area contributed by atoms with E-state index in [-0.39, 0.29) is 30.0 Å². The number of rotatable bonds is 7. The predicted octanol–water partition coefficient (Wildman–Crippen LogP) is 5.30. The van der Waals surface area contributed by atoms with Gasteiger partial charge in [-0.15, -0.1) is 35.3 Å². The van der Waals surface area contributed by atoms with Crippen LogP contribution >= 0.6 is 35.3 Å². The summed E-state index contributed by atoms with van der Waals surface area (Å²) in [6, 6.07) is 9.06. The largest absolute Gasteiger partial charge is 0.372 e. The van der Waals surface area contributed by atoms with Crippen LogP contribution in [-0.2, 0) is 6.54 Å². The number of aliphatic imine (C=N–C) groups is 1. The molecule has 0 bridgehead atoms. The van der Waals surface area contributed by atoms with Crippen molar-refractivity contribution < 1.29 is 0 Å². The average Bonchev–Trinajstić information content (AvgIpc) is 3.38. The van der Waals surface area contributed by atoms with Crippen molar-refractivity contribution >= 4 is 47.0 Å². The van der Waals surface area contributed by atoms with E-state index in [0.717, 1.165) is 18.2 Å². The van der Waals surface area contributed by atoms with Crippen molar-refractivity contribution in [3.05, 3.63) is 45.9 Å². The zero-order valence-electron chi connectivity index (χ0n) is 17.9. The molecule has 2 heterocycles. The van der Waals surface area contributed by atoms with E-state index in [1.54, 1.807) is 11.3 Å². The lowest BCUT2D eigenvalue weighted by Gasteiger charge is -2.22. The number of aromatic nitrogens is 1. The number of benzene rings is 1. The number of nitrogens with zero attached hydrogens (tertiary/aromatic N) is 3. The van der Waals surface area contributed by atoms with Crippen molar-refractivity contribution in [2.75, 3.05) is 24.5 Å². The molecule has 5 nitrogen and oxygen atoms in total. The average molecular weight is 528 g/mol. The van der Waals surface area contributed by atoms with Gasteiger partial charge in [-0.2, -0.15) is 0 Å². The fourth-order valence-electron chi connectivity index (χ4n) is 3.40. The highest BCUT2D eigenvalue weighted by molar-refractivity contribution is 14.0. The quantitative estimate of drug-likeness (QED) is 0.292. The Kier molecular flexibility index (Phi) is 9.68. The van der Waals surface area contributed by atoms with E-state index in [1.165, 1.54) is 42.2 Å². The molecule has 0 saturated carbocycles. The summed E-state index contributed by atoms with van der Waals surface area (Å²) in [5.41, 5.74) is 3.65. The second kappa shape index (κ2) is 11.7. The molecule has 1 aliphatic heterocycles. The van der Waals surface area contributed by atoms with Crippen molar-refractivity contribution in [1.29, 1.82) is 0 Å². The highest BCUT2D eigenvalue weighted by Crippen LogP contribution is 2.24. The van der Waals surface area contributed by atoms with Crippen LogP contribution in [0.1, 0.15) is 68.8 Å². The van der Waals surface area contributed by atoms with Crippen LogP contribution in [0.2, 0.25) is 0 Å². The standard InChI is InChI=1S/C22H33N5S.HI/c1-5-23-22(24-14-19-15-28-21(26-19)16(2)3)25-17(4)18-9-8-10-20(13-18)27-11-6-7-12-27;/h8-10,13,15-17H,5-7,11-12,14H2,1-4H3,(H2,23,24,25);1H. The molecule has 0 aliphatic carbocycles. The molecule has 1 aromatic heterocycles. The Bertz CT molecular complexity index is 783. The van der Waals surface area contributed by atoms with Crippen LogP contribution in [0.15, 0.2) is 34.6 Å². The number of hydrogen-bond acceptors (Lipinski definition) is 4. The third-order valence-electron chi connectivity index (χ3n) is 5.00. The molecule has 7 heteroatoms. The number of guanidine groups is 1. The van der Waals surface area contributed by atoms with Gasteiger partial charge in [-0.1, -0.05) is 26.0 Å². The minimum Gasteiger partial charge on any atom is -0.372 e. The van der Waals surface area contributed by atoms with Gasteiger partial charge < -0.3 is 15.5 Å². The van der Waals surface area contributed by atoms with Crippen LogP contribution in [0.3, 0.4) is 0 Å². The van der Waals surface area contributed by atoms with E-state index in [2.05, 4.69) is 77.9 Å². The minimum absolute atomic E-state index is 0. The second-order valence-electron chi connectivity index (χ2n) is 7.68. The van der Waals surface area contributed by atoms with Gasteiger partial charge in [-0.3, -0.25) is 0 Å². The lowest BCUT2D eigenvalue weighted by atomic mass is 10.1. The molecule has 2 aromatic rings. The number of anilines is 1. The molecule has 1 atom stereocenters. The monoisotopic (exact) mass is 527 g/mol. The van der Waals surface area contributed by atoms with Crippen molar-refractivity contribution in [1.82, 2.24) is 15.6 Å². The first-order valence-corrected chi connectivity index (χ1v) is 11.3. The van der Waals surface area contributed by atoms with Crippen molar-refractivity contribution in [3.63, 3.8) is 0 Å². The molecule has 3 rings (SSSR count). The summed E-state index contributed by atoms with van der Waals surface area (Å²) in [7, 11) is 0. The van der Waals surface area contributed by atoms with E-state index in [4.69, 9.17) is 4.99 Å². The normalized spacial score (nSPS) is 15.3. The molecule has 1 saturated heterocycles. The van der Waals surface area contributed by atoms with Gasteiger partial charge in [0.25, 0.3) is 0 Å². The maximum Gasteiger partial charge on any atom is 0.192 e. The molecule has 1 unspecified atom stereocenters. The van der Waals surface area contributed by atoms with Gasteiger partial charge in [0.2, 0.25) is 0 Å². The Morgan fingerprint density at radius 3 is 2.66 bits per heavy atom. The number of nitrogens with one attached hydrogen (secondary N) is 2. The summed E-state index contributed by atoms with van der Waals surface area (Å²) in [5.74, 6) is 1.30. The molecule has 1 aromatic carbocycles. The predicted molar refractivity (Wildman–Crippen MR) is 136 cm³/mol. The van der Waals surface area contributed by atoms with Gasteiger partial charge in [0.15, 0.2) is 5.96 Å². The molecule has 29 heavy (non-hydrogen) atoms. The zero-order valence-corrected chi connectivity index (χ0v) is 21.1. The van der Waals surface area contributed by atoms with Gasteiger partial charge in [0.05, 0.1) is 23.3 Å². The van der Waals surface area contributed by atoms with Crippen LogP contribution in [0.4, 0.5) is 5.69 Å². The van der Waals surface area contributed by atoms with E-state index >= 15 is 0 Å². The molecule has 0 spiro atoms. The van der Waals surface area contributed by atoms with E-state index < -0.39 is 0 Å². The molecular weight excluding hydrogens is 493 g/mol. The lowest BCUT2D eigenvalue weighted by Crippen LogP contribution is -2.38. The first-order valence-electron chi connectivity index (χ1n) is 10.4. The van der Waals surface area contributed by atoms with Gasteiger partial charge in [0.1, 0.15) is 0 Å². The Morgan fingerprint density at radius 1 is 1.24 bits per heavy atom. The summed E-state index contributed by atoms with van der Waals surface area (Å²) in [6.45, 7) is 12.4. The Balaban J connectivity index is 0.00000300. The molecule has 1 fully saturated rings. The SMILES string of the molecule is CCNC(=NCc1csc(C(C)C)n1)NC(C)c1cccc(N2CCCC2)c1.I. The molecule has 0 amide bonds. The maximum absolute atomic E-state index is 4.75. The summed E-state index contributed by atoms with van der Waals surface area (Å²) in [6.07, 6.45) is 2.59. The van der Waals surface area contributed by atoms with Crippen LogP contribution < -0.4 is 15.5 Å². The minimum atomic E-state index is 0. The van der Waals surface area contributed by atoms with E-state index in [9.17, 15) is 0 Å². The summed E-state index contributed by atoms with van der Waals surface area (Å²) in [4.78, 5) is 11.9. The smallest absolute Gasteiger partial charge is 0.192 e. The first kappa shape index (κ1) is 23.9. The number of halogens is 1. The van der Waals surface area contributed by atoms with Gasteiger partial charge in [0, 0.05) is 36.6 Å². The topological polar surface area (TPSA) is 52.6 Å². The third kappa shape index (κ3) is 6.84. The molecular formula is C22H34IN5S. The third-order valence-corrected chi connectivity index (χ3v) is 6.20. The van der Waals surface area contributed by atoms with Crippen LogP contribution in [0, 0.1) is 0 Å². The van der Waals surface area contributed by atoms with Crippen LogP contribution in [0.25, 0.3) is 0 Å². The van der Waals surface area contributed by atoms with Gasteiger partial charge >= 0.3 is 0 Å². The fourth-order valence-corrected chi connectivity index (χ4v) is 4.22. The first-order chi connectivity index (χ1) is 13.6. The van der Waals surface area contributed by atoms with Gasteiger partial charge in [-0.05, 0) is 44.4 Å². The van der Waals surface area contributed by atoms with Gasteiger partial charge in [-0.25, -0.2) is 9.98 Å². The summed E-state index contributed by atoms with van der Waals surface area (Å²) >= 11 is 1.72.